The van der Waals surface area contributed by atoms with Gasteiger partial charge in [-0.25, -0.2) is 4.98 Å². The Kier molecular flexibility index (Phi) is 5.35. The van der Waals surface area contributed by atoms with Gasteiger partial charge in [-0.2, -0.15) is 0 Å². The van der Waals surface area contributed by atoms with Gasteiger partial charge >= 0.3 is 0 Å². The van der Waals surface area contributed by atoms with Crippen molar-refractivity contribution in [2.75, 3.05) is 13.6 Å². The monoisotopic (exact) mass is 270 g/mol. The lowest BCUT2D eigenvalue weighted by atomic mass is 9.80. The van der Waals surface area contributed by atoms with E-state index in [-0.39, 0.29) is 10.2 Å². The van der Waals surface area contributed by atoms with Crippen LogP contribution in [0.5, 0.6) is 0 Å². The molecule has 0 fully saturated rings. The zero-order valence-electron chi connectivity index (χ0n) is 11.3. The van der Waals surface area contributed by atoms with Gasteiger partial charge in [0, 0.05) is 17.5 Å². The number of aromatic nitrogens is 1. The molecule has 2 nitrogen and oxygen atoms in total. The largest absolute Gasteiger partial charge is 0.319 e. The molecule has 0 unspecified atom stereocenters. The second-order valence-electron chi connectivity index (χ2n) is 5.26. The Morgan fingerprint density at radius 3 is 2.47 bits per heavy atom. The molecule has 0 aliphatic rings. The predicted molar refractivity (Wildman–Crippen MR) is 79.5 cm³/mol. The average Bonchev–Trinajstić information content (AvgIpc) is 2.28. The Bertz CT molecular complexity index is 337. The number of hydrogen-bond donors (Lipinski definition) is 1. The molecule has 0 aromatic carbocycles. The summed E-state index contributed by atoms with van der Waals surface area (Å²) in [6.45, 7) is 10.2. The molecule has 0 saturated carbocycles. The maximum Gasteiger partial charge on any atom is 0.106 e. The van der Waals surface area contributed by atoms with E-state index in [1.54, 1.807) is 10.8 Å². The molecular weight excluding hydrogens is 248 g/mol. The molecule has 0 amide bonds. The fourth-order valence-corrected chi connectivity index (χ4v) is 3.99. The fraction of sp³-hybridized carbons (Fsp3) is 0.615. The molecule has 0 bridgehead atoms. The molecule has 0 aliphatic heterocycles. The molecule has 17 heavy (non-hydrogen) atoms. The van der Waals surface area contributed by atoms with Gasteiger partial charge in [0.15, 0.2) is 0 Å². The van der Waals surface area contributed by atoms with Crippen molar-refractivity contribution in [1.29, 1.82) is 0 Å². The Morgan fingerprint density at radius 2 is 1.94 bits per heavy atom. The SMILES string of the molecule is CNCC(C)(C)C(C)(C)SSc1ccccn1. The van der Waals surface area contributed by atoms with Crippen LogP contribution in [0, 0.1) is 5.41 Å². The molecule has 1 aromatic rings. The minimum absolute atomic E-state index is 0.179. The van der Waals surface area contributed by atoms with E-state index >= 15 is 0 Å². The number of rotatable bonds is 6. The first-order chi connectivity index (χ1) is 7.89. The highest BCUT2D eigenvalue weighted by molar-refractivity contribution is 8.77. The van der Waals surface area contributed by atoms with Gasteiger partial charge in [0.25, 0.3) is 0 Å². The lowest BCUT2D eigenvalue weighted by Crippen LogP contribution is -2.42. The summed E-state index contributed by atoms with van der Waals surface area (Å²) in [6, 6.07) is 6.03. The van der Waals surface area contributed by atoms with Crippen molar-refractivity contribution in [3.05, 3.63) is 24.4 Å². The van der Waals surface area contributed by atoms with Crippen molar-refractivity contribution in [3.63, 3.8) is 0 Å². The molecule has 1 rings (SSSR count). The number of hydrogen-bond acceptors (Lipinski definition) is 4. The molecule has 1 N–H and O–H groups in total. The molecule has 96 valence electrons. The van der Waals surface area contributed by atoms with Gasteiger partial charge < -0.3 is 5.32 Å². The van der Waals surface area contributed by atoms with Gasteiger partial charge in [-0.1, -0.05) is 30.7 Å². The molecule has 1 aromatic heterocycles. The lowest BCUT2D eigenvalue weighted by molar-refractivity contribution is 0.277. The first-order valence-corrected chi connectivity index (χ1v) is 7.95. The average molecular weight is 270 g/mol. The number of pyridine rings is 1. The second-order valence-corrected chi connectivity index (χ2v) is 8.03. The molecular formula is C13H22N2S2. The Morgan fingerprint density at radius 1 is 1.24 bits per heavy atom. The Balaban J connectivity index is 2.61. The normalized spacial score (nSPS) is 12.8. The van der Waals surface area contributed by atoms with Crippen molar-refractivity contribution in [2.45, 2.75) is 37.5 Å². The van der Waals surface area contributed by atoms with E-state index in [0.29, 0.717) is 0 Å². The van der Waals surface area contributed by atoms with Gasteiger partial charge in [-0.15, -0.1) is 0 Å². The molecule has 0 spiro atoms. The first kappa shape index (κ1) is 14.9. The number of nitrogens with zero attached hydrogens (tertiary/aromatic N) is 1. The van der Waals surface area contributed by atoms with Crippen LogP contribution in [0.3, 0.4) is 0 Å². The van der Waals surface area contributed by atoms with Crippen LogP contribution in [-0.2, 0) is 0 Å². The van der Waals surface area contributed by atoms with E-state index in [4.69, 9.17) is 0 Å². The van der Waals surface area contributed by atoms with Crippen molar-refractivity contribution >= 4 is 21.6 Å². The van der Waals surface area contributed by atoms with Gasteiger partial charge in [-0.05, 0) is 49.2 Å². The summed E-state index contributed by atoms with van der Waals surface area (Å²) in [6.07, 6.45) is 1.84. The molecule has 0 saturated heterocycles. The third-order valence-corrected chi connectivity index (χ3v) is 6.70. The standard InChI is InChI=1S/C13H22N2S2/c1-12(2,10-14-5)13(3,4)17-16-11-8-6-7-9-15-11/h6-9,14H,10H2,1-5H3. The van der Waals surface area contributed by atoms with Crippen molar-refractivity contribution in [3.8, 4) is 0 Å². The Hall–Kier alpha value is -0.190. The van der Waals surface area contributed by atoms with Crippen LogP contribution in [0.15, 0.2) is 29.4 Å². The van der Waals surface area contributed by atoms with Crippen molar-refractivity contribution in [1.82, 2.24) is 10.3 Å². The smallest absolute Gasteiger partial charge is 0.106 e. The zero-order chi connectivity index (χ0) is 12.9. The molecule has 0 radical (unpaired) electrons. The topological polar surface area (TPSA) is 24.9 Å². The minimum atomic E-state index is 0.179. The minimum Gasteiger partial charge on any atom is -0.319 e. The van der Waals surface area contributed by atoms with Gasteiger partial charge in [0.2, 0.25) is 0 Å². The summed E-state index contributed by atoms with van der Waals surface area (Å²) >= 11 is 0. The summed E-state index contributed by atoms with van der Waals surface area (Å²) in [5, 5.41) is 4.35. The third kappa shape index (κ3) is 4.19. The highest BCUT2D eigenvalue weighted by Crippen LogP contribution is 2.48. The van der Waals surface area contributed by atoms with Crippen molar-refractivity contribution in [2.24, 2.45) is 5.41 Å². The summed E-state index contributed by atoms with van der Waals surface area (Å²) in [5.41, 5.74) is 0.230. The van der Waals surface area contributed by atoms with E-state index in [0.717, 1.165) is 11.6 Å². The Labute approximate surface area is 113 Å². The van der Waals surface area contributed by atoms with E-state index in [1.807, 2.05) is 36.2 Å². The van der Waals surface area contributed by atoms with Crippen LogP contribution in [-0.4, -0.2) is 23.3 Å². The summed E-state index contributed by atoms with van der Waals surface area (Å²) < 4.78 is 0.179. The van der Waals surface area contributed by atoms with Gasteiger partial charge in [-0.3, -0.25) is 0 Å². The molecule has 1 heterocycles. The molecule has 0 atom stereocenters. The van der Waals surface area contributed by atoms with Crippen LogP contribution >= 0.6 is 21.6 Å². The fourth-order valence-electron chi connectivity index (χ4n) is 1.31. The summed E-state index contributed by atoms with van der Waals surface area (Å²) in [4.78, 5) is 4.34. The zero-order valence-corrected chi connectivity index (χ0v) is 12.9. The van der Waals surface area contributed by atoms with Crippen LogP contribution < -0.4 is 5.32 Å². The maximum atomic E-state index is 4.34. The predicted octanol–water partition coefficient (Wildman–Crippen LogP) is 3.85. The second kappa shape index (κ2) is 6.12. The van der Waals surface area contributed by atoms with E-state index in [2.05, 4.69) is 44.1 Å². The molecule has 4 heteroatoms. The highest BCUT2D eigenvalue weighted by Gasteiger charge is 2.37. The highest BCUT2D eigenvalue weighted by atomic mass is 33.1. The van der Waals surface area contributed by atoms with E-state index < -0.39 is 0 Å². The van der Waals surface area contributed by atoms with Gasteiger partial charge in [0.05, 0.1) is 0 Å². The quantitative estimate of drug-likeness (QED) is 0.794. The first-order valence-electron chi connectivity index (χ1n) is 5.80. The maximum absolute atomic E-state index is 4.34. The van der Waals surface area contributed by atoms with Crippen LogP contribution in [0.25, 0.3) is 0 Å². The summed E-state index contributed by atoms with van der Waals surface area (Å²) in [7, 11) is 5.66. The van der Waals surface area contributed by atoms with Crippen molar-refractivity contribution < 1.29 is 0 Å². The van der Waals surface area contributed by atoms with Crippen LogP contribution in [0.4, 0.5) is 0 Å². The molecule has 0 aliphatic carbocycles. The lowest BCUT2D eigenvalue weighted by Gasteiger charge is -2.40. The van der Waals surface area contributed by atoms with E-state index in [1.165, 1.54) is 0 Å². The van der Waals surface area contributed by atoms with E-state index in [9.17, 15) is 0 Å². The van der Waals surface area contributed by atoms with Crippen LogP contribution in [0.1, 0.15) is 27.7 Å². The summed E-state index contributed by atoms with van der Waals surface area (Å²) in [5.74, 6) is 0. The van der Waals surface area contributed by atoms with Gasteiger partial charge in [0.1, 0.15) is 5.03 Å². The van der Waals surface area contributed by atoms with Crippen LogP contribution in [0.2, 0.25) is 0 Å². The third-order valence-electron chi connectivity index (χ3n) is 3.22. The number of nitrogens with one attached hydrogen (secondary N) is 1.